The Bertz CT molecular complexity index is 790. The summed E-state index contributed by atoms with van der Waals surface area (Å²) in [7, 11) is 0. The van der Waals surface area contributed by atoms with Gasteiger partial charge >= 0.3 is 6.03 Å². The monoisotopic (exact) mass is 382 g/mol. The van der Waals surface area contributed by atoms with Gasteiger partial charge in [-0.3, -0.25) is 0 Å². The number of amides is 2. The molecule has 0 spiro atoms. The fraction of sp³-hybridized carbons (Fsp3) is 0.409. The second-order valence-corrected chi connectivity index (χ2v) is 7.36. The lowest BCUT2D eigenvalue weighted by Gasteiger charge is -2.35. The van der Waals surface area contributed by atoms with E-state index >= 15 is 0 Å². The Morgan fingerprint density at radius 1 is 1.07 bits per heavy atom. The number of hydrogen-bond donors (Lipinski definition) is 2. The largest absolute Gasteiger partial charge is 0.486 e. The molecule has 0 aromatic heterocycles. The molecule has 148 valence electrons. The van der Waals surface area contributed by atoms with Crippen LogP contribution in [-0.4, -0.2) is 48.4 Å². The molecule has 2 N–H and O–H groups in total. The van der Waals surface area contributed by atoms with Gasteiger partial charge in [0.25, 0.3) is 0 Å². The van der Waals surface area contributed by atoms with Crippen molar-refractivity contribution in [2.75, 3.05) is 26.2 Å². The highest BCUT2D eigenvalue weighted by Gasteiger charge is 2.29. The molecule has 28 heavy (non-hydrogen) atoms. The number of rotatable bonds is 4. The van der Waals surface area contributed by atoms with Crippen LogP contribution in [0.25, 0.3) is 0 Å². The van der Waals surface area contributed by atoms with Crippen LogP contribution in [0, 0.1) is 5.92 Å². The second kappa shape index (κ2) is 8.52. The van der Waals surface area contributed by atoms with Crippen LogP contribution in [0.1, 0.15) is 24.5 Å². The molecule has 2 aliphatic heterocycles. The zero-order valence-corrected chi connectivity index (χ0v) is 15.8. The minimum atomic E-state index is -0.473. The van der Waals surface area contributed by atoms with Crippen LogP contribution in [0.15, 0.2) is 54.6 Å². The van der Waals surface area contributed by atoms with Crippen LogP contribution in [0.3, 0.4) is 0 Å². The molecule has 2 amide bonds. The van der Waals surface area contributed by atoms with Crippen molar-refractivity contribution < 1.29 is 19.4 Å². The number of nitrogens with one attached hydrogen (secondary N) is 1. The number of nitrogens with zero attached hydrogens (tertiary/aromatic N) is 1. The molecule has 4 rings (SSSR count). The van der Waals surface area contributed by atoms with E-state index in [9.17, 15) is 9.90 Å². The highest BCUT2D eigenvalue weighted by Crippen LogP contribution is 2.31. The SMILES string of the molecule is O=C(NC[C@H]1COc2ccccc2O1)N1CCC([C@H](O)c2ccccc2)CC1. The first-order chi connectivity index (χ1) is 13.7. The van der Waals surface area contributed by atoms with Gasteiger partial charge in [-0.1, -0.05) is 42.5 Å². The number of likely N-dealkylation sites (tertiary alicyclic amines) is 1. The van der Waals surface area contributed by atoms with E-state index in [0.717, 1.165) is 24.2 Å². The Balaban J connectivity index is 1.23. The third kappa shape index (κ3) is 4.22. The first kappa shape index (κ1) is 18.6. The number of aliphatic hydroxyl groups is 1. The molecule has 2 heterocycles. The predicted molar refractivity (Wildman–Crippen MR) is 105 cm³/mol. The van der Waals surface area contributed by atoms with Crippen LogP contribution < -0.4 is 14.8 Å². The number of fused-ring (bicyclic) bond motifs is 1. The van der Waals surface area contributed by atoms with Gasteiger partial charge in [0, 0.05) is 13.1 Å². The van der Waals surface area contributed by atoms with Crippen molar-refractivity contribution in [2.45, 2.75) is 25.0 Å². The Labute approximate surface area is 165 Å². The number of piperidine rings is 1. The highest BCUT2D eigenvalue weighted by atomic mass is 16.6. The first-order valence-corrected chi connectivity index (χ1v) is 9.85. The van der Waals surface area contributed by atoms with Gasteiger partial charge in [0.05, 0.1) is 12.6 Å². The minimum Gasteiger partial charge on any atom is -0.486 e. The molecule has 2 atom stereocenters. The lowest BCUT2D eigenvalue weighted by atomic mass is 9.87. The maximum absolute atomic E-state index is 12.5. The molecule has 0 unspecified atom stereocenters. The van der Waals surface area contributed by atoms with Crippen LogP contribution in [0.5, 0.6) is 11.5 Å². The van der Waals surface area contributed by atoms with Gasteiger partial charge in [0.1, 0.15) is 6.61 Å². The standard InChI is InChI=1S/C22H26N2O4/c25-21(16-6-2-1-3-7-16)17-10-12-24(13-11-17)22(26)23-14-18-15-27-19-8-4-5-9-20(19)28-18/h1-9,17-18,21,25H,10-15H2,(H,23,26)/t18-,21+/m0/s1. The van der Waals surface area contributed by atoms with Gasteiger partial charge in [-0.2, -0.15) is 0 Å². The van der Waals surface area contributed by atoms with Crippen molar-refractivity contribution in [2.24, 2.45) is 5.92 Å². The number of urea groups is 1. The molecule has 6 heteroatoms. The molecular weight excluding hydrogens is 356 g/mol. The quantitative estimate of drug-likeness (QED) is 0.853. The summed E-state index contributed by atoms with van der Waals surface area (Å²) in [5.74, 6) is 1.63. The van der Waals surface area contributed by atoms with E-state index in [2.05, 4.69) is 5.32 Å². The first-order valence-electron chi connectivity index (χ1n) is 9.85. The van der Waals surface area contributed by atoms with Crippen molar-refractivity contribution in [3.63, 3.8) is 0 Å². The molecule has 0 aliphatic carbocycles. The van der Waals surface area contributed by atoms with Gasteiger partial charge in [0.15, 0.2) is 17.6 Å². The fourth-order valence-electron chi connectivity index (χ4n) is 3.82. The number of benzene rings is 2. The smallest absolute Gasteiger partial charge is 0.317 e. The summed E-state index contributed by atoms with van der Waals surface area (Å²) in [4.78, 5) is 14.3. The fourth-order valence-corrected chi connectivity index (χ4v) is 3.82. The van der Waals surface area contributed by atoms with E-state index in [-0.39, 0.29) is 18.1 Å². The summed E-state index contributed by atoms with van der Waals surface area (Å²) in [5, 5.41) is 13.5. The van der Waals surface area contributed by atoms with Crippen molar-refractivity contribution >= 4 is 6.03 Å². The normalized spacial score (nSPS) is 20.5. The molecule has 1 saturated heterocycles. The summed E-state index contributed by atoms with van der Waals surface area (Å²) >= 11 is 0. The number of carbonyl (C=O) groups excluding carboxylic acids is 1. The zero-order valence-electron chi connectivity index (χ0n) is 15.8. The molecule has 2 aromatic carbocycles. The van der Waals surface area contributed by atoms with Gasteiger partial charge < -0.3 is 24.8 Å². The highest BCUT2D eigenvalue weighted by molar-refractivity contribution is 5.74. The Hall–Kier alpha value is -2.73. The molecule has 0 radical (unpaired) electrons. The second-order valence-electron chi connectivity index (χ2n) is 7.36. The van der Waals surface area contributed by atoms with E-state index in [1.807, 2.05) is 59.5 Å². The van der Waals surface area contributed by atoms with Gasteiger partial charge in [-0.05, 0) is 36.5 Å². The van der Waals surface area contributed by atoms with Crippen LogP contribution >= 0.6 is 0 Å². The number of carbonyl (C=O) groups is 1. The molecule has 6 nitrogen and oxygen atoms in total. The lowest BCUT2D eigenvalue weighted by Crippen LogP contribution is -2.48. The van der Waals surface area contributed by atoms with Crippen molar-refractivity contribution in [1.82, 2.24) is 10.2 Å². The molecule has 2 aromatic rings. The number of ether oxygens (including phenoxy) is 2. The summed E-state index contributed by atoms with van der Waals surface area (Å²) in [6, 6.07) is 17.2. The van der Waals surface area contributed by atoms with Crippen LogP contribution in [0.4, 0.5) is 4.79 Å². The third-order valence-corrected chi connectivity index (χ3v) is 5.46. The van der Waals surface area contributed by atoms with E-state index < -0.39 is 6.10 Å². The average Bonchev–Trinajstić information content (AvgIpc) is 2.77. The van der Waals surface area contributed by atoms with Gasteiger partial charge in [-0.25, -0.2) is 4.79 Å². The predicted octanol–water partition coefficient (Wildman–Crippen LogP) is 2.98. The van der Waals surface area contributed by atoms with E-state index in [1.165, 1.54) is 0 Å². The Kier molecular flexibility index (Phi) is 5.67. The minimum absolute atomic E-state index is 0.0879. The molecule has 1 fully saturated rings. The summed E-state index contributed by atoms with van der Waals surface area (Å²) < 4.78 is 11.6. The maximum Gasteiger partial charge on any atom is 0.317 e. The Morgan fingerprint density at radius 3 is 2.50 bits per heavy atom. The van der Waals surface area contributed by atoms with E-state index in [0.29, 0.717) is 32.0 Å². The molecule has 2 aliphatic rings. The summed E-state index contributed by atoms with van der Waals surface area (Å²) in [6.45, 7) is 2.11. The van der Waals surface area contributed by atoms with Crippen LogP contribution in [0.2, 0.25) is 0 Å². The topological polar surface area (TPSA) is 71.0 Å². The maximum atomic E-state index is 12.5. The molecular formula is C22H26N2O4. The zero-order chi connectivity index (χ0) is 19.3. The number of para-hydroxylation sites is 2. The van der Waals surface area contributed by atoms with Crippen molar-refractivity contribution in [3.05, 3.63) is 60.2 Å². The third-order valence-electron chi connectivity index (χ3n) is 5.46. The van der Waals surface area contributed by atoms with Gasteiger partial charge in [-0.15, -0.1) is 0 Å². The van der Waals surface area contributed by atoms with E-state index in [4.69, 9.17) is 9.47 Å². The summed E-state index contributed by atoms with van der Waals surface area (Å²) in [6.07, 6.45) is 0.912. The number of hydrogen-bond acceptors (Lipinski definition) is 4. The molecule has 0 bridgehead atoms. The van der Waals surface area contributed by atoms with Crippen molar-refractivity contribution in [3.8, 4) is 11.5 Å². The van der Waals surface area contributed by atoms with Gasteiger partial charge in [0.2, 0.25) is 0 Å². The van der Waals surface area contributed by atoms with Crippen molar-refractivity contribution in [1.29, 1.82) is 0 Å². The summed E-state index contributed by atoms with van der Waals surface area (Å²) in [5.41, 5.74) is 0.945. The van der Waals surface area contributed by atoms with E-state index in [1.54, 1.807) is 0 Å². The Morgan fingerprint density at radius 2 is 1.75 bits per heavy atom. The lowest BCUT2D eigenvalue weighted by molar-refractivity contribution is 0.0642. The number of aliphatic hydroxyl groups excluding tert-OH is 1. The average molecular weight is 382 g/mol. The molecule has 0 saturated carbocycles. The van der Waals surface area contributed by atoms with Crippen LogP contribution in [-0.2, 0) is 0 Å².